The minimum absolute atomic E-state index is 0.273. The minimum atomic E-state index is -0.590. The Hall–Kier alpha value is -3.34. The van der Waals surface area contributed by atoms with E-state index in [1.807, 2.05) is 18.2 Å². The van der Waals surface area contributed by atoms with Crippen molar-refractivity contribution in [3.05, 3.63) is 71.3 Å². The normalized spacial score (nSPS) is 12.2. The van der Waals surface area contributed by atoms with Crippen LogP contribution in [0.4, 0.5) is 5.69 Å². The number of ether oxygens (including phenoxy) is 1. The number of amides is 2. The van der Waals surface area contributed by atoms with Crippen LogP contribution in [0.2, 0.25) is 0 Å². The van der Waals surface area contributed by atoms with Gasteiger partial charge in [-0.05, 0) is 47.6 Å². The predicted molar refractivity (Wildman–Crippen MR) is 100 cm³/mol. The third kappa shape index (κ3) is 2.88. The lowest BCUT2D eigenvalue weighted by Crippen LogP contribution is -2.21. The van der Waals surface area contributed by atoms with Gasteiger partial charge < -0.3 is 15.8 Å². The topological polar surface area (TPSA) is 81.4 Å². The molecule has 0 saturated carbocycles. The molecule has 5 nitrogen and oxygen atoms in total. The average molecular weight is 346 g/mol. The minimum Gasteiger partial charge on any atom is -0.483 e. The number of nitrogens with two attached hydrogens (primary N) is 1. The standard InChI is InChI=1S/C21H18N2O3/c22-19(24)12-26-18-7-2-1-5-16(18)21(25)23-17-11-10-14-9-8-13-4-3-6-15(17)20(13)14/h1-7,10-11H,8-9,12H2,(H2,22,24)(H,23,25). The van der Waals surface area contributed by atoms with Gasteiger partial charge in [-0.15, -0.1) is 0 Å². The fourth-order valence-corrected chi connectivity index (χ4v) is 3.47. The first-order chi connectivity index (χ1) is 12.6. The molecule has 26 heavy (non-hydrogen) atoms. The van der Waals surface area contributed by atoms with E-state index in [4.69, 9.17) is 10.5 Å². The molecule has 0 radical (unpaired) electrons. The lowest BCUT2D eigenvalue weighted by Gasteiger charge is -2.13. The zero-order valence-electron chi connectivity index (χ0n) is 14.1. The van der Waals surface area contributed by atoms with Gasteiger partial charge in [-0.3, -0.25) is 9.59 Å². The summed E-state index contributed by atoms with van der Waals surface area (Å²) in [6.07, 6.45) is 2.07. The molecular weight excluding hydrogens is 328 g/mol. The molecule has 0 bridgehead atoms. The van der Waals surface area contributed by atoms with Gasteiger partial charge >= 0.3 is 0 Å². The maximum atomic E-state index is 12.8. The highest BCUT2D eigenvalue weighted by atomic mass is 16.5. The van der Waals surface area contributed by atoms with Crippen molar-refractivity contribution >= 4 is 28.3 Å². The lowest BCUT2D eigenvalue weighted by molar-refractivity contribution is -0.119. The third-order valence-electron chi connectivity index (χ3n) is 4.63. The smallest absolute Gasteiger partial charge is 0.259 e. The van der Waals surface area contributed by atoms with Gasteiger partial charge in [0.1, 0.15) is 5.75 Å². The van der Waals surface area contributed by atoms with Crippen LogP contribution >= 0.6 is 0 Å². The van der Waals surface area contributed by atoms with E-state index >= 15 is 0 Å². The van der Waals surface area contributed by atoms with E-state index in [1.165, 1.54) is 16.5 Å². The molecule has 0 heterocycles. The van der Waals surface area contributed by atoms with E-state index in [0.29, 0.717) is 11.3 Å². The molecule has 130 valence electrons. The van der Waals surface area contributed by atoms with Crippen molar-refractivity contribution in [1.29, 1.82) is 0 Å². The number of aryl methyl sites for hydroxylation is 2. The highest BCUT2D eigenvalue weighted by Gasteiger charge is 2.18. The SMILES string of the molecule is NC(=O)COc1ccccc1C(=O)Nc1ccc2c3c(cccc13)CC2. The molecule has 0 atom stereocenters. The van der Waals surface area contributed by atoms with Crippen molar-refractivity contribution in [1.82, 2.24) is 0 Å². The van der Waals surface area contributed by atoms with Gasteiger partial charge in [0, 0.05) is 11.1 Å². The maximum Gasteiger partial charge on any atom is 0.259 e. The quantitative estimate of drug-likeness (QED) is 0.745. The van der Waals surface area contributed by atoms with E-state index in [0.717, 1.165) is 23.9 Å². The van der Waals surface area contributed by atoms with Crippen molar-refractivity contribution in [3.8, 4) is 5.75 Å². The van der Waals surface area contributed by atoms with Gasteiger partial charge in [0.05, 0.1) is 5.56 Å². The number of carbonyl (C=O) groups is 2. The molecule has 3 aromatic carbocycles. The van der Waals surface area contributed by atoms with E-state index in [1.54, 1.807) is 24.3 Å². The Bertz CT molecular complexity index is 1020. The molecule has 3 aromatic rings. The van der Waals surface area contributed by atoms with Crippen LogP contribution in [0.3, 0.4) is 0 Å². The van der Waals surface area contributed by atoms with Gasteiger partial charge in [-0.1, -0.05) is 36.4 Å². The number of hydrogen-bond acceptors (Lipinski definition) is 3. The Kier molecular flexibility index (Phi) is 4.05. The molecule has 0 saturated heterocycles. The second kappa shape index (κ2) is 6.52. The molecule has 0 fully saturated rings. The van der Waals surface area contributed by atoms with Crippen molar-refractivity contribution in [3.63, 3.8) is 0 Å². The van der Waals surface area contributed by atoms with Crippen LogP contribution in [-0.4, -0.2) is 18.4 Å². The summed E-state index contributed by atoms with van der Waals surface area (Å²) >= 11 is 0. The Morgan fingerprint density at radius 3 is 2.54 bits per heavy atom. The van der Waals surface area contributed by atoms with Crippen LogP contribution in [0, 0.1) is 0 Å². The van der Waals surface area contributed by atoms with Crippen LogP contribution < -0.4 is 15.8 Å². The Labute approximate surface area is 150 Å². The Morgan fingerprint density at radius 1 is 0.962 bits per heavy atom. The van der Waals surface area contributed by atoms with Crippen LogP contribution in [0.5, 0.6) is 5.75 Å². The maximum absolute atomic E-state index is 12.8. The monoisotopic (exact) mass is 346 g/mol. The number of carbonyl (C=O) groups excluding carboxylic acids is 2. The molecule has 4 rings (SSSR count). The summed E-state index contributed by atoms with van der Waals surface area (Å²) in [6, 6.07) is 17.0. The Balaban J connectivity index is 1.66. The van der Waals surface area contributed by atoms with Crippen molar-refractivity contribution in [2.24, 2.45) is 5.73 Å². The van der Waals surface area contributed by atoms with E-state index in [-0.39, 0.29) is 12.5 Å². The molecule has 0 aliphatic heterocycles. The number of primary amides is 1. The van der Waals surface area contributed by atoms with E-state index in [9.17, 15) is 9.59 Å². The summed E-state index contributed by atoms with van der Waals surface area (Å²) in [6.45, 7) is -0.273. The molecular formula is C21H18N2O3. The summed E-state index contributed by atoms with van der Waals surface area (Å²) in [7, 11) is 0. The lowest BCUT2D eigenvalue weighted by atomic mass is 10.0. The van der Waals surface area contributed by atoms with Gasteiger partial charge in [0.15, 0.2) is 6.61 Å². The number of hydrogen-bond donors (Lipinski definition) is 2. The number of anilines is 1. The second-order valence-electron chi connectivity index (χ2n) is 6.32. The predicted octanol–water partition coefficient (Wildman–Crippen LogP) is 3.05. The summed E-state index contributed by atoms with van der Waals surface area (Å²) in [5.41, 5.74) is 8.88. The van der Waals surface area contributed by atoms with Crippen LogP contribution in [0.15, 0.2) is 54.6 Å². The van der Waals surface area contributed by atoms with Crippen LogP contribution in [0.25, 0.3) is 10.8 Å². The largest absolute Gasteiger partial charge is 0.483 e. The van der Waals surface area contributed by atoms with Crippen molar-refractivity contribution in [2.75, 3.05) is 11.9 Å². The zero-order valence-corrected chi connectivity index (χ0v) is 14.1. The third-order valence-corrected chi connectivity index (χ3v) is 4.63. The summed E-state index contributed by atoms with van der Waals surface area (Å²) in [5, 5.41) is 5.26. The summed E-state index contributed by atoms with van der Waals surface area (Å²) < 4.78 is 5.36. The second-order valence-corrected chi connectivity index (χ2v) is 6.32. The molecule has 1 aliphatic rings. The molecule has 5 heteroatoms. The molecule has 1 aliphatic carbocycles. The molecule has 0 spiro atoms. The van der Waals surface area contributed by atoms with Crippen LogP contribution in [-0.2, 0) is 17.6 Å². The number of para-hydroxylation sites is 1. The van der Waals surface area contributed by atoms with Crippen molar-refractivity contribution < 1.29 is 14.3 Å². The average Bonchev–Trinajstić information content (AvgIpc) is 3.07. The van der Waals surface area contributed by atoms with Crippen LogP contribution in [0.1, 0.15) is 21.5 Å². The van der Waals surface area contributed by atoms with Crippen molar-refractivity contribution in [2.45, 2.75) is 12.8 Å². The molecule has 0 unspecified atom stereocenters. The van der Waals surface area contributed by atoms with Gasteiger partial charge in [-0.25, -0.2) is 0 Å². The highest BCUT2D eigenvalue weighted by Crippen LogP contribution is 2.35. The molecule has 0 aromatic heterocycles. The fraction of sp³-hybridized carbons (Fsp3) is 0.143. The van der Waals surface area contributed by atoms with E-state index in [2.05, 4.69) is 17.4 Å². The Morgan fingerprint density at radius 2 is 1.73 bits per heavy atom. The highest BCUT2D eigenvalue weighted by molar-refractivity contribution is 6.11. The number of benzene rings is 3. The summed E-state index contributed by atoms with van der Waals surface area (Å²) in [4.78, 5) is 23.8. The van der Waals surface area contributed by atoms with Gasteiger partial charge in [0.2, 0.25) is 0 Å². The fourth-order valence-electron chi connectivity index (χ4n) is 3.47. The number of rotatable bonds is 5. The van der Waals surface area contributed by atoms with Gasteiger partial charge in [0.25, 0.3) is 11.8 Å². The summed E-state index contributed by atoms with van der Waals surface area (Å²) in [5.74, 6) is -0.550. The first-order valence-electron chi connectivity index (χ1n) is 8.48. The zero-order chi connectivity index (χ0) is 18.1. The first kappa shape index (κ1) is 16.1. The number of nitrogens with one attached hydrogen (secondary N) is 1. The molecule has 3 N–H and O–H groups in total. The molecule has 2 amide bonds. The van der Waals surface area contributed by atoms with Gasteiger partial charge in [-0.2, -0.15) is 0 Å². The first-order valence-corrected chi connectivity index (χ1v) is 8.48. The van der Waals surface area contributed by atoms with E-state index < -0.39 is 5.91 Å².